The number of hydrogen-bond donors (Lipinski definition) is 0. The molecule has 0 aromatic heterocycles. The summed E-state index contributed by atoms with van der Waals surface area (Å²) in [5, 5.41) is 0. The maximum absolute atomic E-state index is 2.39. The van der Waals surface area contributed by atoms with Gasteiger partial charge in [0.25, 0.3) is 0 Å². The van der Waals surface area contributed by atoms with Crippen molar-refractivity contribution in [2.75, 3.05) is 0 Å². The Morgan fingerprint density at radius 1 is 0.636 bits per heavy atom. The average molecular weight is 284 g/mol. The van der Waals surface area contributed by atoms with Crippen molar-refractivity contribution in [3.05, 3.63) is 94.5 Å². The molecule has 0 heterocycles. The van der Waals surface area contributed by atoms with Crippen LogP contribution in [-0.2, 0) is 5.41 Å². The molecule has 0 spiro atoms. The number of rotatable bonds is 1. The van der Waals surface area contributed by atoms with E-state index < -0.39 is 0 Å². The van der Waals surface area contributed by atoms with E-state index in [1.807, 2.05) is 0 Å². The lowest BCUT2D eigenvalue weighted by atomic mass is 9.74. The van der Waals surface area contributed by atoms with Gasteiger partial charge in [-0.2, -0.15) is 0 Å². The molecular weight excluding hydrogens is 264 g/mol. The molecule has 3 aromatic carbocycles. The third-order valence-electron chi connectivity index (χ3n) is 5.28. The lowest BCUT2D eigenvalue weighted by Gasteiger charge is -2.28. The van der Waals surface area contributed by atoms with Crippen molar-refractivity contribution in [3.63, 3.8) is 0 Å². The molecule has 0 fully saturated rings. The minimum atomic E-state index is -0.0638. The lowest BCUT2D eigenvalue weighted by Crippen LogP contribution is -2.22. The molecule has 1 aliphatic rings. The third-order valence-corrected chi connectivity index (χ3v) is 5.28. The summed E-state index contributed by atoms with van der Waals surface area (Å²) in [7, 11) is 0. The van der Waals surface area contributed by atoms with Gasteiger partial charge in [-0.15, -0.1) is 0 Å². The summed E-state index contributed by atoms with van der Waals surface area (Å²) in [6.45, 7) is 6.78. The normalized spacial score (nSPS) is 18.9. The molecule has 0 saturated heterocycles. The van der Waals surface area contributed by atoms with Gasteiger partial charge in [-0.05, 0) is 59.7 Å². The van der Waals surface area contributed by atoms with E-state index in [1.165, 1.54) is 38.9 Å². The summed E-state index contributed by atoms with van der Waals surface area (Å²) in [5.41, 5.74) is 9.66. The molecule has 0 nitrogen and oxygen atoms in total. The van der Waals surface area contributed by atoms with Crippen molar-refractivity contribution in [3.8, 4) is 11.1 Å². The molecule has 4 rings (SSSR count). The quantitative estimate of drug-likeness (QED) is 0.542. The fraction of sp³-hybridized carbons (Fsp3) is 0.182. The monoisotopic (exact) mass is 284 g/mol. The topological polar surface area (TPSA) is 0 Å². The first-order valence-corrected chi connectivity index (χ1v) is 7.89. The number of benzene rings is 3. The Labute approximate surface area is 132 Å². The molecule has 0 radical (unpaired) electrons. The fourth-order valence-electron chi connectivity index (χ4n) is 3.83. The van der Waals surface area contributed by atoms with E-state index in [1.54, 1.807) is 0 Å². The molecule has 3 aromatic rings. The number of aryl methyl sites for hydroxylation is 2. The van der Waals surface area contributed by atoms with Crippen LogP contribution in [0.3, 0.4) is 0 Å². The van der Waals surface area contributed by atoms with Gasteiger partial charge in [0.1, 0.15) is 0 Å². The zero-order valence-electron chi connectivity index (χ0n) is 13.4. The number of fused-ring (bicyclic) bond motifs is 3. The number of hydrogen-bond acceptors (Lipinski definition) is 0. The van der Waals surface area contributed by atoms with Crippen LogP contribution in [-0.4, -0.2) is 0 Å². The first kappa shape index (κ1) is 13.3. The zero-order chi connectivity index (χ0) is 15.3. The second-order valence-electron chi connectivity index (χ2n) is 6.52. The highest BCUT2D eigenvalue weighted by atomic mass is 14.4. The Hall–Kier alpha value is -2.34. The van der Waals surface area contributed by atoms with Crippen LogP contribution in [0.1, 0.15) is 34.7 Å². The average Bonchev–Trinajstić information content (AvgIpc) is 2.80. The molecule has 1 unspecified atom stereocenters. The van der Waals surface area contributed by atoms with Crippen molar-refractivity contribution >= 4 is 0 Å². The molecular formula is C22H20. The van der Waals surface area contributed by atoms with E-state index in [0.29, 0.717) is 0 Å². The van der Waals surface area contributed by atoms with Crippen molar-refractivity contribution in [1.29, 1.82) is 0 Å². The van der Waals surface area contributed by atoms with Gasteiger partial charge >= 0.3 is 0 Å². The second kappa shape index (κ2) is 4.58. The van der Waals surface area contributed by atoms with E-state index in [2.05, 4.69) is 87.5 Å². The SMILES string of the molecule is Cc1cc2c(cc1C)C(C)(c1ccccc1)c1ccccc1-2. The molecule has 0 amide bonds. The van der Waals surface area contributed by atoms with Gasteiger partial charge in [-0.3, -0.25) is 0 Å². The molecule has 0 saturated carbocycles. The van der Waals surface area contributed by atoms with Crippen LogP contribution < -0.4 is 0 Å². The molecule has 0 heteroatoms. The lowest BCUT2D eigenvalue weighted by molar-refractivity contribution is 0.713. The van der Waals surface area contributed by atoms with Crippen LogP contribution in [0, 0.1) is 13.8 Å². The van der Waals surface area contributed by atoms with Gasteiger partial charge in [-0.1, -0.05) is 66.7 Å². The van der Waals surface area contributed by atoms with Crippen molar-refractivity contribution in [2.45, 2.75) is 26.2 Å². The standard InChI is InChI=1S/C22H20/c1-15-13-19-18-11-7-8-12-20(18)22(3,21(19)14-16(15)2)17-9-5-4-6-10-17/h4-14H,1-3H3. The van der Waals surface area contributed by atoms with Crippen LogP contribution >= 0.6 is 0 Å². The van der Waals surface area contributed by atoms with Crippen LogP contribution in [0.4, 0.5) is 0 Å². The van der Waals surface area contributed by atoms with Gasteiger partial charge in [-0.25, -0.2) is 0 Å². The van der Waals surface area contributed by atoms with Gasteiger partial charge in [0.15, 0.2) is 0 Å². The van der Waals surface area contributed by atoms with Gasteiger partial charge < -0.3 is 0 Å². The van der Waals surface area contributed by atoms with E-state index in [-0.39, 0.29) is 5.41 Å². The van der Waals surface area contributed by atoms with E-state index >= 15 is 0 Å². The van der Waals surface area contributed by atoms with E-state index in [0.717, 1.165) is 0 Å². The predicted molar refractivity (Wildman–Crippen MR) is 93.4 cm³/mol. The summed E-state index contributed by atoms with van der Waals surface area (Å²) in [4.78, 5) is 0. The minimum absolute atomic E-state index is 0.0638. The Bertz CT molecular complexity index is 858. The highest BCUT2D eigenvalue weighted by molar-refractivity contribution is 5.83. The summed E-state index contributed by atoms with van der Waals surface area (Å²) >= 11 is 0. The Balaban J connectivity index is 2.11. The predicted octanol–water partition coefficient (Wildman–Crippen LogP) is 5.64. The summed E-state index contributed by atoms with van der Waals surface area (Å²) < 4.78 is 0. The molecule has 0 N–H and O–H groups in total. The van der Waals surface area contributed by atoms with Crippen molar-refractivity contribution < 1.29 is 0 Å². The first-order valence-electron chi connectivity index (χ1n) is 7.89. The summed E-state index contributed by atoms with van der Waals surface area (Å²) in [6, 6.07) is 24.5. The summed E-state index contributed by atoms with van der Waals surface area (Å²) in [5.74, 6) is 0. The van der Waals surface area contributed by atoms with Gasteiger partial charge in [0.2, 0.25) is 0 Å². The van der Waals surface area contributed by atoms with E-state index in [9.17, 15) is 0 Å². The maximum Gasteiger partial charge on any atom is 0.0435 e. The molecule has 0 aliphatic heterocycles. The zero-order valence-corrected chi connectivity index (χ0v) is 13.4. The largest absolute Gasteiger partial charge is 0.0622 e. The molecule has 22 heavy (non-hydrogen) atoms. The maximum atomic E-state index is 2.39. The molecule has 108 valence electrons. The summed E-state index contributed by atoms with van der Waals surface area (Å²) in [6.07, 6.45) is 0. The molecule has 1 aliphatic carbocycles. The van der Waals surface area contributed by atoms with Crippen molar-refractivity contribution in [1.82, 2.24) is 0 Å². The van der Waals surface area contributed by atoms with Gasteiger partial charge in [0.05, 0.1) is 0 Å². The molecule has 0 bridgehead atoms. The first-order chi connectivity index (χ1) is 10.6. The third kappa shape index (κ3) is 1.64. The Morgan fingerprint density at radius 3 is 2.05 bits per heavy atom. The molecule has 1 atom stereocenters. The Morgan fingerprint density at radius 2 is 1.27 bits per heavy atom. The second-order valence-corrected chi connectivity index (χ2v) is 6.52. The Kier molecular flexibility index (Phi) is 2.77. The highest BCUT2D eigenvalue weighted by Crippen LogP contribution is 2.52. The van der Waals surface area contributed by atoms with E-state index in [4.69, 9.17) is 0 Å². The van der Waals surface area contributed by atoms with Crippen molar-refractivity contribution in [2.24, 2.45) is 0 Å². The van der Waals surface area contributed by atoms with Gasteiger partial charge in [0, 0.05) is 5.41 Å². The van der Waals surface area contributed by atoms with Crippen LogP contribution in [0.15, 0.2) is 66.7 Å². The van der Waals surface area contributed by atoms with Crippen LogP contribution in [0.2, 0.25) is 0 Å². The van der Waals surface area contributed by atoms with Crippen LogP contribution in [0.5, 0.6) is 0 Å². The smallest absolute Gasteiger partial charge is 0.0435 e. The van der Waals surface area contributed by atoms with Crippen LogP contribution in [0.25, 0.3) is 11.1 Å². The highest BCUT2D eigenvalue weighted by Gasteiger charge is 2.40. The fourth-order valence-corrected chi connectivity index (χ4v) is 3.83. The minimum Gasteiger partial charge on any atom is -0.0622 e.